The minimum Gasteiger partial charge on any atom is -0.355 e. The Labute approximate surface area is 110 Å². The fourth-order valence-corrected chi connectivity index (χ4v) is 2.24. The van der Waals surface area contributed by atoms with Crippen molar-refractivity contribution < 1.29 is 4.79 Å². The molecule has 2 N–H and O–H groups in total. The molecule has 0 aromatic carbocycles. The van der Waals surface area contributed by atoms with E-state index in [9.17, 15) is 4.79 Å². The van der Waals surface area contributed by atoms with E-state index in [1.807, 2.05) is 0 Å². The lowest BCUT2D eigenvalue weighted by Gasteiger charge is -2.27. The van der Waals surface area contributed by atoms with Gasteiger partial charge in [0.25, 0.3) is 0 Å². The number of nitrogens with zero attached hydrogens (tertiary/aromatic N) is 1. The van der Waals surface area contributed by atoms with E-state index in [0.717, 1.165) is 39.3 Å². The van der Waals surface area contributed by atoms with Crippen molar-refractivity contribution >= 4 is 18.3 Å². The SMILES string of the molecule is CC(C(=O)NCCN1CCNCC1)C1CC1.Cl. The first-order chi connectivity index (χ1) is 7.77. The van der Waals surface area contributed by atoms with Crippen LogP contribution < -0.4 is 10.6 Å². The highest BCUT2D eigenvalue weighted by Gasteiger charge is 2.32. The molecule has 17 heavy (non-hydrogen) atoms. The number of rotatable bonds is 5. The normalized spacial score (nSPS) is 22.6. The van der Waals surface area contributed by atoms with Crippen molar-refractivity contribution in [2.24, 2.45) is 11.8 Å². The summed E-state index contributed by atoms with van der Waals surface area (Å²) in [7, 11) is 0. The lowest BCUT2D eigenvalue weighted by atomic mass is 10.1. The van der Waals surface area contributed by atoms with Gasteiger partial charge in [0.1, 0.15) is 0 Å². The smallest absolute Gasteiger partial charge is 0.223 e. The molecule has 1 heterocycles. The molecule has 1 saturated carbocycles. The first-order valence-electron chi connectivity index (χ1n) is 6.48. The Kier molecular flexibility index (Phi) is 6.23. The zero-order chi connectivity index (χ0) is 11.4. The summed E-state index contributed by atoms with van der Waals surface area (Å²) in [4.78, 5) is 14.1. The van der Waals surface area contributed by atoms with Crippen LogP contribution in [0.2, 0.25) is 0 Å². The third kappa shape index (κ3) is 4.82. The maximum absolute atomic E-state index is 11.7. The van der Waals surface area contributed by atoms with E-state index < -0.39 is 0 Å². The van der Waals surface area contributed by atoms with Crippen molar-refractivity contribution in [1.29, 1.82) is 0 Å². The second kappa shape index (κ2) is 7.19. The number of hydrogen-bond donors (Lipinski definition) is 2. The highest BCUT2D eigenvalue weighted by molar-refractivity contribution is 5.85. The number of piperazine rings is 1. The Morgan fingerprint density at radius 2 is 2.06 bits per heavy atom. The van der Waals surface area contributed by atoms with Gasteiger partial charge in [-0.3, -0.25) is 9.69 Å². The Balaban J connectivity index is 0.00000144. The van der Waals surface area contributed by atoms with Gasteiger partial charge in [-0.05, 0) is 18.8 Å². The van der Waals surface area contributed by atoms with Crippen LogP contribution in [0.1, 0.15) is 19.8 Å². The molecule has 1 amide bonds. The molecule has 2 rings (SSSR count). The van der Waals surface area contributed by atoms with E-state index in [1.165, 1.54) is 12.8 Å². The molecule has 1 aliphatic carbocycles. The molecule has 1 saturated heterocycles. The Bertz CT molecular complexity index is 240. The zero-order valence-corrected chi connectivity index (χ0v) is 11.4. The quantitative estimate of drug-likeness (QED) is 0.757. The molecular formula is C12H24ClN3O. The second-order valence-corrected chi connectivity index (χ2v) is 5.01. The Hall–Kier alpha value is -0.320. The summed E-state index contributed by atoms with van der Waals surface area (Å²) in [6, 6.07) is 0. The van der Waals surface area contributed by atoms with Crippen LogP contribution in [0.15, 0.2) is 0 Å². The van der Waals surface area contributed by atoms with E-state index >= 15 is 0 Å². The summed E-state index contributed by atoms with van der Waals surface area (Å²) in [5.41, 5.74) is 0. The topological polar surface area (TPSA) is 44.4 Å². The van der Waals surface area contributed by atoms with Gasteiger partial charge in [0.05, 0.1) is 0 Å². The molecule has 1 atom stereocenters. The van der Waals surface area contributed by atoms with E-state index in [2.05, 4.69) is 22.5 Å². The number of hydrogen-bond acceptors (Lipinski definition) is 3. The summed E-state index contributed by atoms with van der Waals surface area (Å²) in [5, 5.41) is 6.38. The molecule has 1 aliphatic heterocycles. The molecule has 2 fully saturated rings. The molecule has 0 aromatic heterocycles. The van der Waals surface area contributed by atoms with Crippen molar-refractivity contribution in [2.75, 3.05) is 39.3 Å². The van der Waals surface area contributed by atoms with Gasteiger partial charge in [0.2, 0.25) is 5.91 Å². The molecule has 100 valence electrons. The maximum atomic E-state index is 11.7. The molecular weight excluding hydrogens is 238 g/mol. The first kappa shape index (κ1) is 14.7. The van der Waals surface area contributed by atoms with Gasteiger partial charge in [-0.15, -0.1) is 12.4 Å². The van der Waals surface area contributed by atoms with Gasteiger partial charge in [-0.25, -0.2) is 0 Å². The Morgan fingerprint density at radius 3 is 2.65 bits per heavy atom. The summed E-state index contributed by atoms with van der Waals surface area (Å²) >= 11 is 0. The predicted molar refractivity (Wildman–Crippen MR) is 71.5 cm³/mol. The standard InChI is InChI=1S/C12H23N3O.ClH/c1-10(11-2-3-11)12(16)14-6-9-15-7-4-13-5-8-15;/h10-11,13H,2-9H2,1H3,(H,14,16);1H. The minimum absolute atomic E-state index is 0. The van der Waals surface area contributed by atoms with Crippen LogP contribution in [0.5, 0.6) is 0 Å². The fraction of sp³-hybridized carbons (Fsp3) is 0.917. The van der Waals surface area contributed by atoms with Crippen LogP contribution >= 0.6 is 12.4 Å². The summed E-state index contributed by atoms with van der Waals surface area (Å²) < 4.78 is 0. The fourth-order valence-electron chi connectivity index (χ4n) is 2.24. The van der Waals surface area contributed by atoms with Crippen LogP contribution in [-0.4, -0.2) is 50.1 Å². The van der Waals surface area contributed by atoms with Crippen molar-refractivity contribution in [3.63, 3.8) is 0 Å². The van der Waals surface area contributed by atoms with Crippen LogP contribution in [-0.2, 0) is 4.79 Å². The first-order valence-corrected chi connectivity index (χ1v) is 6.48. The van der Waals surface area contributed by atoms with Gasteiger partial charge in [0.15, 0.2) is 0 Å². The van der Waals surface area contributed by atoms with Gasteiger partial charge < -0.3 is 10.6 Å². The molecule has 2 aliphatic rings. The van der Waals surface area contributed by atoms with Crippen LogP contribution in [0.25, 0.3) is 0 Å². The molecule has 0 bridgehead atoms. The maximum Gasteiger partial charge on any atom is 0.223 e. The molecule has 0 radical (unpaired) electrons. The summed E-state index contributed by atoms with van der Waals surface area (Å²) in [6.45, 7) is 8.21. The van der Waals surface area contributed by atoms with Gasteiger partial charge in [-0.1, -0.05) is 6.92 Å². The zero-order valence-electron chi connectivity index (χ0n) is 10.6. The van der Waals surface area contributed by atoms with Gasteiger partial charge in [0, 0.05) is 45.2 Å². The lowest BCUT2D eigenvalue weighted by molar-refractivity contribution is -0.125. The van der Waals surface area contributed by atoms with Gasteiger partial charge in [-0.2, -0.15) is 0 Å². The van der Waals surface area contributed by atoms with Crippen molar-refractivity contribution in [3.05, 3.63) is 0 Å². The van der Waals surface area contributed by atoms with Crippen molar-refractivity contribution in [2.45, 2.75) is 19.8 Å². The number of carbonyl (C=O) groups excluding carboxylic acids is 1. The molecule has 5 heteroatoms. The van der Waals surface area contributed by atoms with Crippen molar-refractivity contribution in [1.82, 2.24) is 15.5 Å². The lowest BCUT2D eigenvalue weighted by Crippen LogP contribution is -2.46. The van der Waals surface area contributed by atoms with Crippen LogP contribution in [0.3, 0.4) is 0 Å². The highest BCUT2D eigenvalue weighted by atomic mass is 35.5. The number of carbonyl (C=O) groups is 1. The average Bonchev–Trinajstić information content (AvgIpc) is 3.13. The largest absolute Gasteiger partial charge is 0.355 e. The second-order valence-electron chi connectivity index (χ2n) is 5.01. The van der Waals surface area contributed by atoms with Crippen molar-refractivity contribution in [3.8, 4) is 0 Å². The number of halogens is 1. The molecule has 0 spiro atoms. The van der Waals surface area contributed by atoms with Crippen LogP contribution in [0.4, 0.5) is 0 Å². The molecule has 0 aromatic rings. The van der Waals surface area contributed by atoms with Crippen LogP contribution in [0, 0.1) is 11.8 Å². The predicted octanol–water partition coefficient (Wildman–Crippen LogP) is 0.476. The summed E-state index contributed by atoms with van der Waals surface area (Å²) in [5.74, 6) is 1.14. The van der Waals surface area contributed by atoms with Gasteiger partial charge >= 0.3 is 0 Å². The van der Waals surface area contributed by atoms with E-state index in [1.54, 1.807) is 0 Å². The number of nitrogens with one attached hydrogen (secondary N) is 2. The molecule has 1 unspecified atom stereocenters. The minimum atomic E-state index is 0. The van der Waals surface area contributed by atoms with E-state index in [0.29, 0.717) is 5.92 Å². The van der Waals surface area contributed by atoms with E-state index in [4.69, 9.17) is 0 Å². The third-order valence-electron chi connectivity index (χ3n) is 3.68. The highest BCUT2D eigenvalue weighted by Crippen LogP contribution is 2.36. The summed E-state index contributed by atoms with van der Waals surface area (Å²) in [6.07, 6.45) is 2.48. The third-order valence-corrected chi connectivity index (χ3v) is 3.68. The molecule has 4 nitrogen and oxygen atoms in total. The monoisotopic (exact) mass is 261 g/mol. The Morgan fingerprint density at radius 1 is 1.41 bits per heavy atom. The van der Waals surface area contributed by atoms with E-state index in [-0.39, 0.29) is 24.2 Å². The average molecular weight is 262 g/mol. The number of amides is 1.